The number of aromatic nitrogens is 2. The van der Waals surface area contributed by atoms with Crippen molar-refractivity contribution in [1.29, 1.82) is 0 Å². The topological polar surface area (TPSA) is 84.0 Å². The molecule has 0 aliphatic rings. The van der Waals surface area contributed by atoms with E-state index in [2.05, 4.69) is 9.71 Å². The second-order valence-corrected chi connectivity index (χ2v) is 5.67. The first-order valence-electron chi connectivity index (χ1n) is 5.27. The Hall–Kier alpha value is -1.86. The van der Waals surface area contributed by atoms with Crippen molar-refractivity contribution in [2.75, 3.05) is 0 Å². The summed E-state index contributed by atoms with van der Waals surface area (Å²) in [4.78, 5) is 13.2. The lowest BCUT2D eigenvalue weighted by Gasteiger charge is -2.04. The van der Waals surface area contributed by atoms with E-state index in [1.54, 1.807) is 0 Å². The quantitative estimate of drug-likeness (QED) is 0.829. The molecule has 0 aromatic carbocycles. The van der Waals surface area contributed by atoms with Crippen LogP contribution in [0.15, 0.2) is 46.5 Å². The van der Waals surface area contributed by atoms with Gasteiger partial charge in [0.25, 0.3) is 0 Å². The molecule has 7 heteroatoms. The lowest BCUT2D eigenvalue weighted by Crippen LogP contribution is -2.23. The summed E-state index contributed by atoms with van der Waals surface area (Å²) < 4.78 is 28.1. The van der Waals surface area contributed by atoms with E-state index in [1.807, 2.05) is 30.1 Å². The minimum Gasteiger partial charge on any atom is -0.357 e. The molecule has 0 aliphatic heterocycles. The smallest absolute Gasteiger partial charge is 0.247 e. The number of rotatable bonds is 4. The highest BCUT2D eigenvalue weighted by Gasteiger charge is 2.13. The SMILES string of the molecule is Cn1ccc(CNS(=O)(=O)c2ccc(=O)[nH]c2)c1. The van der Waals surface area contributed by atoms with Gasteiger partial charge in [-0.15, -0.1) is 0 Å². The molecule has 0 saturated carbocycles. The van der Waals surface area contributed by atoms with Crippen molar-refractivity contribution in [3.8, 4) is 0 Å². The van der Waals surface area contributed by atoms with E-state index in [0.717, 1.165) is 5.56 Å². The zero-order valence-electron chi connectivity index (χ0n) is 9.75. The molecule has 18 heavy (non-hydrogen) atoms. The Bertz CT molecular complexity index is 680. The Morgan fingerprint density at radius 1 is 1.33 bits per heavy atom. The Balaban J connectivity index is 2.12. The number of aromatic amines is 1. The zero-order valence-corrected chi connectivity index (χ0v) is 10.6. The summed E-state index contributed by atoms with van der Waals surface area (Å²) in [6, 6.07) is 4.28. The minimum atomic E-state index is -3.60. The number of sulfonamides is 1. The second-order valence-electron chi connectivity index (χ2n) is 3.90. The molecule has 0 saturated heterocycles. The third-order valence-corrected chi connectivity index (χ3v) is 3.82. The van der Waals surface area contributed by atoms with Crippen molar-refractivity contribution in [2.45, 2.75) is 11.4 Å². The summed E-state index contributed by atoms with van der Waals surface area (Å²) >= 11 is 0. The zero-order chi connectivity index (χ0) is 13.2. The number of nitrogens with one attached hydrogen (secondary N) is 2. The lowest BCUT2D eigenvalue weighted by molar-refractivity contribution is 0.581. The minimum absolute atomic E-state index is 0.0398. The van der Waals surface area contributed by atoms with Crippen molar-refractivity contribution in [3.05, 3.63) is 52.7 Å². The molecule has 0 amide bonds. The average Bonchev–Trinajstić information content (AvgIpc) is 2.73. The Labute approximate surface area is 104 Å². The molecule has 2 N–H and O–H groups in total. The second kappa shape index (κ2) is 4.79. The molecule has 2 aromatic rings. The van der Waals surface area contributed by atoms with Crippen LogP contribution < -0.4 is 10.3 Å². The van der Waals surface area contributed by atoms with Gasteiger partial charge >= 0.3 is 0 Å². The average molecular weight is 267 g/mol. The number of hydrogen-bond donors (Lipinski definition) is 2. The van der Waals surface area contributed by atoms with Gasteiger partial charge in [-0.05, 0) is 17.7 Å². The van der Waals surface area contributed by atoms with E-state index in [-0.39, 0.29) is 17.0 Å². The standard InChI is InChI=1S/C11H13N3O3S/c1-14-5-4-9(8-14)6-13-18(16,17)10-2-3-11(15)12-7-10/h2-5,7-8,13H,6H2,1H3,(H,12,15). The van der Waals surface area contributed by atoms with Crippen LogP contribution in [-0.4, -0.2) is 18.0 Å². The van der Waals surface area contributed by atoms with E-state index in [4.69, 9.17) is 0 Å². The van der Waals surface area contributed by atoms with Gasteiger partial charge in [-0.25, -0.2) is 13.1 Å². The Morgan fingerprint density at radius 2 is 2.11 bits per heavy atom. The van der Waals surface area contributed by atoms with Gasteiger partial charge in [0, 0.05) is 38.2 Å². The fourth-order valence-electron chi connectivity index (χ4n) is 1.49. The summed E-state index contributed by atoms with van der Waals surface area (Å²) in [5, 5.41) is 0. The lowest BCUT2D eigenvalue weighted by atomic mass is 10.4. The van der Waals surface area contributed by atoms with Crippen molar-refractivity contribution >= 4 is 10.0 Å². The monoisotopic (exact) mass is 267 g/mol. The molecule has 2 aromatic heterocycles. The van der Waals surface area contributed by atoms with Crippen LogP contribution in [0.4, 0.5) is 0 Å². The van der Waals surface area contributed by atoms with E-state index in [9.17, 15) is 13.2 Å². The molecule has 2 rings (SSSR count). The van der Waals surface area contributed by atoms with Crippen LogP contribution in [0.25, 0.3) is 0 Å². The van der Waals surface area contributed by atoms with E-state index < -0.39 is 10.0 Å². The number of aryl methyl sites for hydroxylation is 1. The van der Waals surface area contributed by atoms with Crippen molar-refractivity contribution in [2.24, 2.45) is 7.05 Å². The van der Waals surface area contributed by atoms with Gasteiger partial charge in [0.05, 0.1) is 4.90 Å². The van der Waals surface area contributed by atoms with Crippen LogP contribution >= 0.6 is 0 Å². The van der Waals surface area contributed by atoms with Gasteiger partial charge in [-0.3, -0.25) is 4.79 Å². The first-order valence-corrected chi connectivity index (χ1v) is 6.75. The summed E-state index contributed by atoms with van der Waals surface area (Å²) in [5.41, 5.74) is 0.530. The highest BCUT2D eigenvalue weighted by Crippen LogP contribution is 2.06. The van der Waals surface area contributed by atoms with Gasteiger partial charge in [0.1, 0.15) is 0 Å². The predicted octanol–water partition coefficient (Wildman–Crippen LogP) is 0.192. The third kappa shape index (κ3) is 2.88. The van der Waals surface area contributed by atoms with Gasteiger partial charge < -0.3 is 9.55 Å². The summed E-state index contributed by atoms with van der Waals surface area (Å²) in [5.74, 6) is 0. The van der Waals surface area contributed by atoms with Crippen LogP contribution in [0.5, 0.6) is 0 Å². The number of nitrogens with zero attached hydrogens (tertiary/aromatic N) is 1. The number of H-pyrrole nitrogens is 1. The normalized spacial score (nSPS) is 11.6. The van der Waals surface area contributed by atoms with E-state index in [1.165, 1.54) is 18.3 Å². The molecule has 0 aliphatic carbocycles. The largest absolute Gasteiger partial charge is 0.357 e. The molecule has 0 unspecified atom stereocenters. The fraction of sp³-hybridized carbons (Fsp3) is 0.182. The van der Waals surface area contributed by atoms with Crippen molar-refractivity contribution in [3.63, 3.8) is 0 Å². The summed E-state index contributed by atoms with van der Waals surface area (Å²) in [7, 11) is -1.73. The molecule has 0 spiro atoms. The Kier molecular flexibility index (Phi) is 3.35. The highest BCUT2D eigenvalue weighted by atomic mass is 32.2. The maximum atomic E-state index is 11.9. The first kappa shape index (κ1) is 12.6. The van der Waals surface area contributed by atoms with E-state index in [0.29, 0.717) is 0 Å². The molecular formula is C11H13N3O3S. The summed E-state index contributed by atoms with van der Waals surface area (Å²) in [6.45, 7) is 0.211. The molecule has 96 valence electrons. The molecule has 2 heterocycles. The maximum absolute atomic E-state index is 11.9. The molecule has 0 atom stereocenters. The van der Waals surface area contributed by atoms with Gasteiger partial charge in [-0.2, -0.15) is 0 Å². The van der Waals surface area contributed by atoms with Crippen LogP contribution in [0.3, 0.4) is 0 Å². The van der Waals surface area contributed by atoms with Crippen molar-refractivity contribution in [1.82, 2.24) is 14.3 Å². The number of pyridine rings is 1. The predicted molar refractivity (Wildman–Crippen MR) is 66.5 cm³/mol. The van der Waals surface area contributed by atoms with Crippen molar-refractivity contribution < 1.29 is 8.42 Å². The third-order valence-electron chi connectivity index (χ3n) is 2.43. The Morgan fingerprint density at radius 3 is 2.67 bits per heavy atom. The van der Waals surface area contributed by atoms with Gasteiger partial charge in [-0.1, -0.05) is 0 Å². The molecule has 0 bridgehead atoms. The van der Waals surface area contributed by atoms with E-state index >= 15 is 0 Å². The molecular weight excluding hydrogens is 254 g/mol. The van der Waals surface area contributed by atoms with Crippen LogP contribution in [-0.2, 0) is 23.6 Å². The molecule has 0 radical (unpaired) electrons. The fourth-order valence-corrected chi connectivity index (χ4v) is 2.48. The van der Waals surface area contributed by atoms with Gasteiger partial charge in [0.15, 0.2) is 0 Å². The summed E-state index contributed by atoms with van der Waals surface area (Å²) in [6.07, 6.45) is 4.84. The molecule has 6 nitrogen and oxygen atoms in total. The van der Waals surface area contributed by atoms with Crippen LogP contribution in [0.2, 0.25) is 0 Å². The maximum Gasteiger partial charge on any atom is 0.247 e. The molecule has 0 fully saturated rings. The van der Waals surface area contributed by atoms with Crippen LogP contribution in [0.1, 0.15) is 5.56 Å². The first-order chi connectivity index (χ1) is 8.47. The van der Waals surface area contributed by atoms with Crippen LogP contribution in [0, 0.1) is 0 Å². The highest BCUT2D eigenvalue weighted by molar-refractivity contribution is 7.89. The number of hydrogen-bond acceptors (Lipinski definition) is 3. The van der Waals surface area contributed by atoms with Gasteiger partial charge in [0.2, 0.25) is 15.6 Å².